The van der Waals surface area contributed by atoms with Crippen LogP contribution in [0.4, 0.5) is 0 Å². The molecule has 2 aromatic rings. The number of sulfonamides is 1. The van der Waals surface area contributed by atoms with Gasteiger partial charge in [0.05, 0.1) is 13.0 Å². The highest BCUT2D eigenvalue weighted by Gasteiger charge is 2.24. The summed E-state index contributed by atoms with van der Waals surface area (Å²) in [5, 5.41) is 3.59. The maximum absolute atomic E-state index is 12.2. The maximum atomic E-state index is 12.2. The van der Waals surface area contributed by atoms with Crippen molar-refractivity contribution in [3.05, 3.63) is 41.3 Å². The van der Waals surface area contributed by atoms with Crippen LogP contribution in [-0.4, -0.2) is 45.1 Å². The monoisotopic (exact) mass is 410 g/mol. The molecule has 152 valence electrons. The van der Waals surface area contributed by atoms with E-state index in [1.165, 1.54) is 13.8 Å². The van der Waals surface area contributed by atoms with Gasteiger partial charge in [0.25, 0.3) is 0 Å². The molecule has 0 aliphatic rings. The van der Waals surface area contributed by atoms with E-state index in [4.69, 9.17) is 14.0 Å². The Morgan fingerprint density at radius 2 is 1.86 bits per heavy atom. The average molecular weight is 410 g/mol. The summed E-state index contributed by atoms with van der Waals surface area (Å²) in [7, 11) is -3.85. The van der Waals surface area contributed by atoms with Crippen LogP contribution >= 0.6 is 0 Å². The van der Waals surface area contributed by atoms with Gasteiger partial charge in [0.15, 0.2) is 18.2 Å². The standard InChI is InChI=1S/C18H22N2O7S/c1-4-25-15-7-5-14(6-8-15)16(21)11-26-17(22)9-10-19-28(23,24)18-12(2)20-27-13(18)3/h5-8,19H,4,9-11H2,1-3H3. The molecule has 1 N–H and O–H groups in total. The summed E-state index contributed by atoms with van der Waals surface area (Å²) >= 11 is 0. The zero-order valence-electron chi connectivity index (χ0n) is 15.9. The highest BCUT2D eigenvalue weighted by Crippen LogP contribution is 2.18. The number of ketones is 1. The number of hydrogen-bond donors (Lipinski definition) is 1. The Labute approximate surface area is 163 Å². The van der Waals surface area contributed by atoms with E-state index in [2.05, 4.69) is 9.88 Å². The number of rotatable bonds is 10. The highest BCUT2D eigenvalue weighted by molar-refractivity contribution is 7.89. The molecule has 1 heterocycles. The quantitative estimate of drug-likeness (QED) is 0.464. The van der Waals surface area contributed by atoms with E-state index in [1.54, 1.807) is 24.3 Å². The zero-order valence-corrected chi connectivity index (χ0v) is 16.7. The van der Waals surface area contributed by atoms with Crippen LogP contribution in [0.3, 0.4) is 0 Å². The average Bonchev–Trinajstić information content (AvgIpc) is 2.99. The number of aromatic nitrogens is 1. The van der Waals surface area contributed by atoms with Gasteiger partial charge in [-0.1, -0.05) is 5.16 Å². The first-order valence-corrected chi connectivity index (χ1v) is 10.1. The van der Waals surface area contributed by atoms with Crippen LogP contribution in [0.1, 0.15) is 35.2 Å². The number of esters is 1. The van der Waals surface area contributed by atoms with Gasteiger partial charge in [-0.15, -0.1) is 0 Å². The predicted octanol–water partition coefficient (Wildman–Crippen LogP) is 1.78. The van der Waals surface area contributed by atoms with E-state index in [9.17, 15) is 18.0 Å². The van der Waals surface area contributed by atoms with E-state index in [0.29, 0.717) is 17.9 Å². The molecule has 9 nitrogen and oxygen atoms in total. The van der Waals surface area contributed by atoms with Crippen molar-refractivity contribution in [2.24, 2.45) is 0 Å². The molecule has 2 rings (SSSR count). The summed E-state index contributed by atoms with van der Waals surface area (Å²) in [5.41, 5.74) is 0.615. The summed E-state index contributed by atoms with van der Waals surface area (Å²) in [6.45, 7) is 4.75. The number of carbonyl (C=O) groups is 2. The van der Waals surface area contributed by atoms with Crippen molar-refractivity contribution in [3.8, 4) is 5.75 Å². The molecule has 0 amide bonds. The Hall–Kier alpha value is -2.72. The van der Waals surface area contributed by atoms with E-state index in [1.807, 2.05) is 6.92 Å². The van der Waals surface area contributed by atoms with Crippen LogP contribution in [0.15, 0.2) is 33.7 Å². The molecule has 0 unspecified atom stereocenters. The molecule has 0 fully saturated rings. The minimum absolute atomic E-state index is 0.0495. The molecular formula is C18H22N2O7S. The largest absolute Gasteiger partial charge is 0.494 e. The Morgan fingerprint density at radius 3 is 2.43 bits per heavy atom. The molecular weight excluding hydrogens is 388 g/mol. The molecule has 10 heteroatoms. The molecule has 0 aliphatic heterocycles. The lowest BCUT2D eigenvalue weighted by Gasteiger charge is -2.07. The number of aryl methyl sites for hydroxylation is 2. The van der Waals surface area contributed by atoms with Gasteiger partial charge in [0.2, 0.25) is 10.0 Å². The number of nitrogens with zero attached hydrogens (tertiary/aromatic N) is 1. The van der Waals surface area contributed by atoms with E-state index in [-0.39, 0.29) is 35.1 Å². The molecule has 0 atom stereocenters. The topological polar surface area (TPSA) is 125 Å². The van der Waals surface area contributed by atoms with E-state index >= 15 is 0 Å². The van der Waals surface area contributed by atoms with Crippen LogP contribution in [-0.2, 0) is 19.6 Å². The first-order chi connectivity index (χ1) is 13.2. The number of carbonyl (C=O) groups excluding carboxylic acids is 2. The SMILES string of the molecule is CCOc1ccc(C(=O)COC(=O)CCNS(=O)(=O)c2c(C)noc2C)cc1. The lowest BCUT2D eigenvalue weighted by molar-refractivity contribution is -0.142. The van der Waals surface area contributed by atoms with Crippen molar-refractivity contribution in [2.45, 2.75) is 32.1 Å². The van der Waals surface area contributed by atoms with Gasteiger partial charge in [-0.2, -0.15) is 0 Å². The molecule has 1 aromatic heterocycles. The van der Waals surface area contributed by atoms with Crippen LogP contribution in [0.25, 0.3) is 0 Å². The Bertz CT molecular complexity index is 914. The lowest BCUT2D eigenvalue weighted by Crippen LogP contribution is -2.28. The van der Waals surface area contributed by atoms with E-state index in [0.717, 1.165) is 0 Å². The van der Waals surface area contributed by atoms with Gasteiger partial charge < -0.3 is 14.0 Å². The van der Waals surface area contributed by atoms with Crippen LogP contribution in [0, 0.1) is 13.8 Å². The molecule has 28 heavy (non-hydrogen) atoms. The molecule has 0 spiro atoms. The summed E-state index contributed by atoms with van der Waals surface area (Å²) in [4.78, 5) is 23.7. The minimum Gasteiger partial charge on any atom is -0.494 e. The number of hydrogen-bond acceptors (Lipinski definition) is 8. The molecule has 0 aliphatic carbocycles. The summed E-state index contributed by atoms with van der Waals surface area (Å²) < 4.78 is 41.7. The fraction of sp³-hybridized carbons (Fsp3) is 0.389. The molecule has 1 aromatic carbocycles. The highest BCUT2D eigenvalue weighted by atomic mass is 32.2. The third-order valence-electron chi connectivity index (χ3n) is 3.71. The first kappa shape index (κ1) is 21.6. The first-order valence-electron chi connectivity index (χ1n) is 8.58. The van der Waals surface area contributed by atoms with Crippen molar-refractivity contribution < 1.29 is 32.0 Å². The Balaban J connectivity index is 1.79. The second-order valence-corrected chi connectivity index (χ2v) is 7.55. The number of benzene rings is 1. The smallest absolute Gasteiger partial charge is 0.307 e. The van der Waals surface area contributed by atoms with Crippen LogP contribution in [0.2, 0.25) is 0 Å². The Kier molecular flexibility index (Phi) is 7.30. The van der Waals surface area contributed by atoms with Gasteiger partial charge in [-0.25, -0.2) is 13.1 Å². The maximum Gasteiger partial charge on any atom is 0.307 e. The fourth-order valence-corrected chi connectivity index (χ4v) is 3.78. The number of nitrogens with one attached hydrogen (secondary N) is 1. The molecule has 0 saturated carbocycles. The van der Waals surface area contributed by atoms with Gasteiger partial charge in [0.1, 0.15) is 16.3 Å². The minimum atomic E-state index is -3.85. The van der Waals surface area contributed by atoms with Crippen molar-refractivity contribution in [1.29, 1.82) is 0 Å². The lowest BCUT2D eigenvalue weighted by atomic mass is 10.1. The van der Waals surface area contributed by atoms with Crippen molar-refractivity contribution in [2.75, 3.05) is 19.8 Å². The number of Topliss-reactive ketones (excluding diaryl/α,β-unsaturated/α-hetero) is 1. The molecule has 0 radical (unpaired) electrons. The number of ether oxygens (including phenoxy) is 2. The van der Waals surface area contributed by atoms with Crippen LogP contribution in [0.5, 0.6) is 5.75 Å². The molecule has 0 bridgehead atoms. The van der Waals surface area contributed by atoms with Gasteiger partial charge in [-0.3, -0.25) is 9.59 Å². The second-order valence-electron chi connectivity index (χ2n) is 5.84. The molecule has 0 saturated heterocycles. The third kappa shape index (κ3) is 5.64. The summed E-state index contributed by atoms with van der Waals surface area (Å²) in [6, 6.07) is 6.47. The van der Waals surface area contributed by atoms with Crippen LogP contribution < -0.4 is 9.46 Å². The van der Waals surface area contributed by atoms with Gasteiger partial charge >= 0.3 is 5.97 Å². The van der Waals surface area contributed by atoms with Gasteiger partial charge in [-0.05, 0) is 45.0 Å². The predicted molar refractivity (Wildman–Crippen MR) is 98.7 cm³/mol. The third-order valence-corrected chi connectivity index (χ3v) is 5.41. The Morgan fingerprint density at radius 1 is 1.18 bits per heavy atom. The second kappa shape index (κ2) is 9.47. The summed E-state index contributed by atoms with van der Waals surface area (Å²) in [6.07, 6.45) is -0.223. The van der Waals surface area contributed by atoms with Crippen molar-refractivity contribution in [3.63, 3.8) is 0 Å². The fourth-order valence-electron chi connectivity index (χ4n) is 2.42. The van der Waals surface area contributed by atoms with Gasteiger partial charge in [0, 0.05) is 12.1 Å². The normalized spacial score (nSPS) is 11.2. The zero-order chi connectivity index (χ0) is 20.7. The van der Waals surface area contributed by atoms with Crippen molar-refractivity contribution in [1.82, 2.24) is 9.88 Å². The summed E-state index contributed by atoms with van der Waals surface area (Å²) in [5.74, 6) is -0.261. The van der Waals surface area contributed by atoms with E-state index < -0.39 is 22.6 Å². The van der Waals surface area contributed by atoms with Crippen molar-refractivity contribution >= 4 is 21.8 Å².